The molecular formula is C36H33N3O3. The Labute approximate surface area is 246 Å². The highest BCUT2D eigenvalue weighted by molar-refractivity contribution is 6.08. The SMILES string of the molecule is CCC(OC(=O)c1c2c(nc3ccccc13)CCN(Cc1ccccc1)C2)C(=O)N(c1ccccc1)c1ccccc1. The number of anilines is 2. The molecule has 6 rings (SSSR count). The van der Waals surface area contributed by atoms with Crippen LogP contribution in [0.1, 0.15) is 40.5 Å². The Morgan fingerprint density at radius 3 is 2.07 bits per heavy atom. The van der Waals surface area contributed by atoms with E-state index in [1.165, 1.54) is 5.56 Å². The smallest absolute Gasteiger partial charge is 0.340 e. The van der Waals surface area contributed by atoms with Crippen molar-refractivity contribution < 1.29 is 14.3 Å². The molecule has 210 valence electrons. The number of esters is 1. The van der Waals surface area contributed by atoms with Gasteiger partial charge >= 0.3 is 5.97 Å². The van der Waals surface area contributed by atoms with Crippen LogP contribution in [0.2, 0.25) is 0 Å². The summed E-state index contributed by atoms with van der Waals surface area (Å²) in [6, 6.07) is 36.9. The lowest BCUT2D eigenvalue weighted by Gasteiger charge is -2.31. The molecule has 6 nitrogen and oxygen atoms in total. The van der Waals surface area contributed by atoms with Crippen molar-refractivity contribution >= 4 is 34.2 Å². The Morgan fingerprint density at radius 2 is 1.43 bits per heavy atom. The highest BCUT2D eigenvalue weighted by Crippen LogP contribution is 2.31. The maximum atomic E-state index is 14.1. The Morgan fingerprint density at radius 1 is 0.833 bits per heavy atom. The first-order valence-corrected chi connectivity index (χ1v) is 14.4. The summed E-state index contributed by atoms with van der Waals surface area (Å²) in [4.78, 5) is 37.1. The lowest BCUT2D eigenvalue weighted by molar-refractivity contribution is -0.126. The van der Waals surface area contributed by atoms with Gasteiger partial charge in [0, 0.05) is 54.1 Å². The molecule has 0 saturated heterocycles. The summed E-state index contributed by atoms with van der Waals surface area (Å²) in [6.07, 6.45) is 0.107. The van der Waals surface area contributed by atoms with Crippen LogP contribution in [-0.2, 0) is 29.0 Å². The number of rotatable bonds is 8. The van der Waals surface area contributed by atoms with Crippen molar-refractivity contribution in [2.24, 2.45) is 0 Å². The van der Waals surface area contributed by atoms with E-state index in [1.807, 2.05) is 110 Å². The Hall–Kier alpha value is -4.81. The van der Waals surface area contributed by atoms with Crippen LogP contribution in [0.25, 0.3) is 10.9 Å². The number of para-hydroxylation sites is 3. The zero-order valence-electron chi connectivity index (χ0n) is 23.6. The number of benzene rings is 4. The number of hydrogen-bond acceptors (Lipinski definition) is 5. The summed E-state index contributed by atoms with van der Waals surface area (Å²) >= 11 is 0. The topological polar surface area (TPSA) is 62.7 Å². The fourth-order valence-corrected chi connectivity index (χ4v) is 5.65. The second-order valence-corrected chi connectivity index (χ2v) is 10.5. The molecule has 2 heterocycles. The van der Waals surface area contributed by atoms with Gasteiger partial charge in [-0.2, -0.15) is 0 Å². The van der Waals surface area contributed by atoms with E-state index >= 15 is 0 Å². The Bertz CT molecular complexity index is 1650. The largest absolute Gasteiger partial charge is 0.449 e. The first-order chi connectivity index (χ1) is 20.6. The molecule has 0 spiro atoms. The zero-order valence-corrected chi connectivity index (χ0v) is 23.6. The molecule has 1 amide bonds. The predicted molar refractivity (Wildman–Crippen MR) is 166 cm³/mol. The van der Waals surface area contributed by atoms with E-state index in [-0.39, 0.29) is 5.91 Å². The summed E-state index contributed by atoms with van der Waals surface area (Å²) in [5, 5.41) is 0.744. The van der Waals surface area contributed by atoms with Gasteiger partial charge in [-0.15, -0.1) is 0 Å². The van der Waals surface area contributed by atoms with Crippen molar-refractivity contribution in [2.75, 3.05) is 11.4 Å². The maximum absolute atomic E-state index is 14.1. The van der Waals surface area contributed by atoms with Crippen molar-refractivity contribution in [1.82, 2.24) is 9.88 Å². The van der Waals surface area contributed by atoms with Crippen molar-refractivity contribution in [1.29, 1.82) is 0 Å². The van der Waals surface area contributed by atoms with Crippen molar-refractivity contribution in [3.63, 3.8) is 0 Å². The molecule has 1 atom stereocenters. The minimum Gasteiger partial charge on any atom is -0.449 e. The standard InChI is InChI=1S/C36H33N3O3/c1-2-33(35(40)39(27-16-8-4-9-17-27)28-18-10-5-11-19-28)42-36(41)34-29-20-12-13-21-31(29)37-32-22-23-38(25-30(32)34)24-26-14-6-3-7-15-26/h3-21,33H,2,22-25H2,1H3. The molecule has 5 aromatic rings. The molecule has 1 aliphatic heterocycles. The maximum Gasteiger partial charge on any atom is 0.340 e. The van der Waals surface area contributed by atoms with Gasteiger partial charge in [0.2, 0.25) is 0 Å². The number of hydrogen-bond donors (Lipinski definition) is 0. The van der Waals surface area contributed by atoms with Crippen LogP contribution in [0.15, 0.2) is 115 Å². The van der Waals surface area contributed by atoms with E-state index in [0.29, 0.717) is 29.9 Å². The van der Waals surface area contributed by atoms with E-state index in [4.69, 9.17) is 9.72 Å². The normalized spacial score (nSPS) is 13.7. The molecule has 42 heavy (non-hydrogen) atoms. The fraction of sp³-hybridized carbons (Fsp3) is 0.194. The van der Waals surface area contributed by atoms with Gasteiger partial charge in [0.1, 0.15) is 0 Å². The van der Waals surface area contributed by atoms with Gasteiger partial charge in [0.05, 0.1) is 11.1 Å². The van der Waals surface area contributed by atoms with Crippen LogP contribution in [0.3, 0.4) is 0 Å². The second-order valence-electron chi connectivity index (χ2n) is 10.5. The van der Waals surface area contributed by atoms with Crippen LogP contribution in [0, 0.1) is 0 Å². The summed E-state index contributed by atoms with van der Waals surface area (Å²) < 4.78 is 6.12. The van der Waals surface area contributed by atoms with Crippen molar-refractivity contribution in [3.8, 4) is 0 Å². The fourth-order valence-electron chi connectivity index (χ4n) is 5.65. The highest BCUT2D eigenvalue weighted by atomic mass is 16.5. The average Bonchev–Trinajstić information content (AvgIpc) is 3.04. The zero-order chi connectivity index (χ0) is 28.9. The number of ether oxygens (including phenoxy) is 1. The van der Waals surface area contributed by atoms with E-state index in [2.05, 4.69) is 17.0 Å². The van der Waals surface area contributed by atoms with Gasteiger partial charge < -0.3 is 4.74 Å². The molecule has 1 aromatic heterocycles. The third kappa shape index (κ3) is 5.67. The van der Waals surface area contributed by atoms with Crippen molar-refractivity contribution in [2.45, 2.75) is 39.0 Å². The Kier molecular flexibility index (Phi) is 8.06. The summed E-state index contributed by atoms with van der Waals surface area (Å²) in [6.45, 7) is 4.07. The minimum absolute atomic E-state index is 0.291. The second kappa shape index (κ2) is 12.4. The number of aromatic nitrogens is 1. The lowest BCUT2D eigenvalue weighted by Crippen LogP contribution is -2.39. The number of amides is 1. The van der Waals surface area contributed by atoms with Gasteiger partial charge in [-0.3, -0.25) is 19.6 Å². The molecule has 0 bridgehead atoms. The van der Waals surface area contributed by atoms with Crippen LogP contribution in [0.5, 0.6) is 0 Å². The number of carbonyl (C=O) groups is 2. The van der Waals surface area contributed by atoms with Crippen LogP contribution in [-0.4, -0.2) is 34.4 Å². The number of pyridine rings is 1. The number of carbonyl (C=O) groups excluding carboxylic acids is 2. The van der Waals surface area contributed by atoms with Gasteiger partial charge in [0.15, 0.2) is 6.10 Å². The Balaban J connectivity index is 1.34. The molecule has 1 unspecified atom stereocenters. The van der Waals surface area contributed by atoms with E-state index in [1.54, 1.807) is 4.90 Å². The molecule has 0 N–H and O–H groups in total. The highest BCUT2D eigenvalue weighted by Gasteiger charge is 2.32. The third-order valence-electron chi connectivity index (χ3n) is 7.72. The molecule has 1 aliphatic rings. The van der Waals surface area contributed by atoms with Crippen LogP contribution >= 0.6 is 0 Å². The van der Waals surface area contributed by atoms with Crippen LogP contribution < -0.4 is 4.90 Å². The predicted octanol–water partition coefficient (Wildman–Crippen LogP) is 7.09. The van der Waals surface area contributed by atoms with Crippen LogP contribution in [0.4, 0.5) is 11.4 Å². The first-order valence-electron chi connectivity index (χ1n) is 14.4. The summed E-state index contributed by atoms with van der Waals surface area (Å²) in [5.41, 5.74) is 5.71. The van der Waals surface area contributed by atoms with Gasteiger partial charge in [-0.25, -0.2) is 4.79 Å². The summed E-state index contributed by atoms with van der Waals surface area (Å²) in [5.74, 6) is -0.783. The number of fused-ring (bicyclic) bond motifs is 2. The average molecular weight is 556 g/mol. The summed E-state index contributed by atoms with van der Waals surface area (Å²) in [7, 11) is 0. The molecule has 0 fully saturated rings. The van der Waals surface area contributed by atoms with Gasteiger partial charge in [0.25, 0.3) is 5.91 Å². The van der Waals surface area contributed by atoms with Gasteiger partial charge in [-0.05, 0) is 42.3 Å². The third-order valence-corrected chi connectivity index (χ3v) is 7.72. The van der Waals surface area contributed by atoms with E-state index in [0.717, 1.165) is 41.7 Å². The molecule has 6 heteroatoms. The number of nitrogens with zero attached hydrogens (tertiary/aromatic N) is 3. The first kappa shape index (κ1) is 27.4. The van der Waals surface area contributed by atoms with Crippen molar-refractivity contribution in [3.05, 3.63) is 138 Å². The molecular weight excluding hydrogens is 522 g/mol. The van der Waals surface area contributed by atoms with E-state index < -0.39 is 12.1 Å². The molecule has 0 saturated carbocycles. The lowest BCUT2D eigenvalue weighted by atomic mass is 9.95. The monoisotopic (exact) mass is 555 g/mol. The molecule has 0 radical (unpaired) electrons. The van der Waals surface area contributed by atoms with E-state index in [9.17, 15) is 9.59 Å². The quantitative estimate of drug-likeness (QED) is 0.191. The molecule has 4 aromatic carbocycles. The minimum atomic E-state index is -0.968. The molecule has 0 aliphatic carbocycles. The van der Waals surface area contributed by atoms with Gasteiger partial charge in [-0.1, -0.05) is 91.9 Å².